The maximum atomic E-state index is 13.5. The van der Waals surface area contributed by atoms with Crippen molar-refractivity contribution in [2.24, 2.45) is 0 Å². The van der Waals surface area contributed by atoms with Crippen LogP contribution in [-0.2, 0) is 90.7 Å². The topological polar surface area (TPSA) is 521 Å². The van der Waals surface area contributed by atoms with Crippen LogP contribution in [0.5, 0.6) is 0 Å². The number of hydrogen-bond donors (Lipinski definition) is 16. The van der Waals surface area contributed by atoms with E-state index in [4.69, 9.17) is 47.4 Å². The molecule has 15 unspecified atom stereocenters. The number of ether oxygens (including phenoxy) is 10. The average Bonchev–Trinajstić information content (AvgIpc) is 0.784. The summed E-state index contributed by atoms with van der Waals surface area (Å²) >= 11 is 0. The van der Waals surface area contributed by atoms with Crippen LogP contribution in [0.3, 0.4) is 0 Å². The minimum atomic E-state index is -5.20. The van der Waals surface area contributed by atoms with Crippen LogP contribution < -0.4 is 26.6 Å². The Morgan fingerprint density at radius 1 is 0.435 bits per heavy atom. The Morgan fingerprint density at radius 2 is 0.793 bits per heavy atom. The molecule has 16 N–H and O–H groups in total. The van der Waals surface area contributed by atoms with Crippen molar-refractivity contribution in [1.82, 2.24) is 26.6 Å². The van der Waals surface area contributed by atoms with Crippen molar-refractivity contribution >= 4 is 45.9 Å². The highest BCUT2D eigenvalue weighted by molar-refractivity contribution is 7.80. The van der Waals surface area contributed by atoms with Crippen LogP contribution >= 0.6 is 0 Å². The smallest absolute Gasteiger partial charge is 0.397 e. The van der Waals surface area contributed by atoms with Gasteiger partial charge < -0.3 is 125 Å². The molecule has 5 saturated heterocycles. The van der Waals surface area contributed by atoms with Gasteiger partial charge in [0.2, 0.25) is 29.5 Å². The number of amides is 5. The number of unbranched alkanes of at least 4 members (excludes halogenated alkanes) is 9. The third-order valence-electron chi connectivity index (χ3n) is 15.9. The second-order valence-corrected chi connectivity index (χ2v) is 24.4. The van der Waals surface area contributed by atoms with Crippen LogP contribution in [0.4, 0.5) is 0 Å². The summed E-state index contributed by atoms with van der Waals surface area (Å²) in [5.41, 5.74) is 0. The van der Waals surface area contributed by atoms with Gasteiger partial charge in [-0.15, -0.1) is 0 Å². The molecular weight excluding hydrogens is 1250 g/mol. The predicted octanol–water partition coefficient (Wildman–Crippen LogP) is -5.57. The van der Waals surface area contributed by atoms with Gasteiger partial charge in [-0.05, 0) is 32.1 Å². The van der Waals surface area contributed by atoms with E-state index in [0.717, 1.165) is 66.7 Å². The zero-order chi connectivity index (χ0) is 68.1. The van der Waals surface area contributed by atoms with E-state index in [1.165, 1.54) is 25.7 Å². The van der Waals surface area contributed by atoms with E-state index in [1.807, 2.05) is 0 Å². The van der Waals surface area contributed by atoms with Gasteiger partial charge in [0.25, 0.3) is 0 Å². The minimum absolute atomic E-state index is 0.0135. The van der Waals surface area contributed by atoms with Gasteiger partial charge in [0.05, 0.1) is 26.4 Å². The van der Waals surface area contributed by atoms with E-state index < -0.39 is 232 Å². The highest BCUT2D eigenvalue weighted by Gasteiger charge is 2.58. The first kappa shape index (κ1) is 78.4. The van der Waals surface area contributed by atoms with Crippen LogP contribution in [0, 0.1) is 0 Å². The molecule has 0 aromatic carbocycles. The van der Waals surface area contributed by atoms with Crippen LogP contribution in [0.1, 0.15) is 119 Å². The van der Waals surface area contributed by atoms with E-state index >= 15 is 0 Å². The van der Waals surface area contributed by atoms with Crippen LogP contribution in [0.2, 0.25) is 0 Å². The Labute approximate surface area is 532 Å². The number of carbonyl (C=O) groups excluding carboxylic acids is 6. The molecule has 0 spiro atoms. The van der Waals surface area contributed by atoms with Crippen molar-refractivity contribution < 1.29 is 144 Å². The number of aliphatic hydroxyl groups excluding tert-OH is 10. The fraction of sp³-hybridized carbons (Fsp3) is 0.857. The molecule has 530 valence electrons. The number of rotatable bonds is 34. The van der Waals surface area contributed by atoms with Crippen molar-refractivity contribution in [2.75, 3.05) is 33.0 Å². The fourth-order valence-corrected chi connectivity index (χ4v) is 11.7. The summed E-state index contributed by atoms with van der Waals surface area (Å²) in [5.74, 6) is -4.69. The third kappa shape index (κ3) is 22.9. The molecule has 0 bridgehead atoms. The summed E-state index contributed by atoms with van der Waals surface area (Å²) in [7, 11) is -5.20. The first-order valence-electron chi connectivity index (χ1n) is 30.8. The largest absolute Gasteiger partial charge is 0.463 e. The maximum absolute atomic E-state index is 13.5. The van der Waals surface area contributed by atoms with Gasteiger partial charge in [0.1, 0.15) is 128 Å². The molecule has 35 nitrogen and oxygen atoms in total. The van der Waals surface area contributed by atoms with Crippen LogP contribution in [-0.4, -0.2) is 286 Å². The SMILES string of the molecule is CCCCCC/C=C\CCCCCCCC(=O)NC1C(O)[C@H](O)C(COC(C)=O)O[C@H]1O[C@@H]1C(CO)O[C@@H](O[C@@H]2C(CO)O[C@@H](O[C@@H]3C(CO)O[C@@H](O[C@@H]4C(COS(=O)(=O)O)O[C@@H](O)C(NC(C)=O)C4O)C(NC(C)=O)C3O)C(NC(C)=O)C2O)C(NC(C)=O)C1O. The monoisotopic (exact) mass is 1350 g/mol. The summed E-state index contributed by atoms with van der Waals surface area (Å²) in [5, 5.41) is 126. The van der Waals surface area contributed by atoms with Crippen molar-refractivity contribution in [2.45, 2.75) is 272 Å². The summed E-state index contributed by atoms with van der Waals surface area (Å²) in [6, 6.07) is -8.61. The quantitative estimate of drug-likeness (QED) is 0.0124. The molecule has 0 radical (unpaired) electrons. The molecule has 0 saturated carbocycles. The molecule has 92 heavy (non-hydrogen) atoms. The van der Waals surface area contributed by atoms with E-state index in [-0.39, 0.29) is 6.42 Å². The van der Waals surface area contributed by atoms with Gasteiger partial charge in [0.15, 0.2) is 31.5 Å². The van der Waals surface area contributed by atoms with Gasteiger partial charge in [-0.1, -0.05) is 57.6 Å². The number of carbonyl (C=O) groups is 6. The summed E-state index contributed by atoms with van der Waals surface area (Å²) in [6.45, 7) is 2.42. The van der Waals surface area contributed by atoms with Gasteiger partial charge in [-0.25, -0.2) is 4.18 Å². The predicted molar refractivity (Wildman–Crippen MR) is 309 cm³/mol. The Kier molecular flexibility index (Phi) is 32.2. The molecule has 5 amide bonds. The van der Waals surface area contributed by atoms with Gasteiger partial charge in [-0.3, -0.25) is 33.3 Å². The van der Waals surface area contributed by atoms with E-state index in [1.54, 1.807) is 0 Å². The normalized spacial score (nSPS) is 36.8. The summed E-state index contributed by atoms with van der Waals surface area (Å²) in [4.78, 5) is 75.8. The van der Waals surface area contributed by atoms with Crippen molar-refractivity contribution in [3.8, 4) is 0 Å². The first-order chi connectivity index (χ1) is 43.5. The van der Waals surface area contributed by atoms with Crippen molar-refractivity contribution in [1.29, 1.82) is 0 Å². The molecule has 5 fully saturated rings. The average molecular weight is 1350 g/mol. The molecule has 36 heteroatoms. The Hall–Kier alpha value is -4.33. The lowest BCUT2D eigenvalue weighted by molar-refractivity contribution is -0.367. The highest BCUT2D eigenvalue weighted by Crippen LogP contribution is 2.36. The second-order valence-electron chi connectivity index (χ2n) is 23.3. The first-order valence-corrected chi connectivity index (χ1v) is 32.2. The fourth-order valence-electron chi connectivity index (χ4n) is 11.4. The van der Waals surface area contributed by atoms with E-state index in [0.29, 0.717) is 12.8 Å². The summed E-state index contributed by atoms with van der Waals surface area (Å²) in [6.07, 6.45) is -22.4. The molecule has 5 rings (SSSR count). The number of allylic oxidation sites excluding steroid dienone is 2. The lowest BCUT2D eigenvalue weighted by Gasteiger charge is -2.51. The maximum Gasteiger partial charge on any atom is 0.397 e. The van der Waals surface area contributed by atoms with Gasteiger partial charge >= 0.3 is 16.4 Å². The standard InChI is InChI=1S/C56H95N5O30S/c1-7-8-9-10-11-12-13-14-15-16-17-18-19-20-36(70)61-38-43(72)42(71)34(24-81-30(6)69)87-53(38)88-48-31(21-62)84-54(39(45(48)74)58-27(3)66)89-49-32(22-63)85-55(40(46(49)75)59-28(4)67)90-50-33(23-64)86-56(41(47(50)76)60-29(5)68)91-51-35(25-82-92(78,79)80)83-52(77)37(44(51)73)57-26(2)65/h12-13,31-35,37-56,62-64,71-77H,7-11,14-25H2,1-6H3,(H,57,65)(H,58,66)(H,59,67)(H,60,68)(H,61,70)(H,78,79,80)/b13-12-/t31?,32?,33?,34?,35?,37?,38?,39?,40?,41?,42-,43?,44?,45?,46?,47?,48-,49-,50-,51-,52-,53+,54+,55+,56+/m1/s1. The minimum Gasteiger partial charge on any atom is -0.463 e. The number of aliphatic hydroxyl groups is 10. The summed E-state index contributed by atoms with van der Waals surface area (Å²) < 4.78 is 95.9. The molecule has 25 atom stereocenters. The van der Waals surface area contributed by atoms with E-state index in [9.17, 15) is 92.8 Å². The Bertz CT molecular complexity index is 2480. The molecule has 0 aliphatic carbocycles. The molecular formula is C56H95N5O30S. The number of hydrogen-bond acceptors (Lipinski definition) is 29. The molecule has 0 aromatic heterocycles. The van der Waals surface area contributed by atoms with E-state index in [2.05, 4.69) is 49.8 Å². The molecule has 5 heterocycles. The molecule has 5 aliphatic rings. The van der Waals surface area contributed by atoms with Crippen LogP contribution in [0.15, 0.2) is 12.2 Å². The third-order valence-corrected chi connectivity index (χ3v) is 16.4. The van der Waals surface area contributed by atoms with Crippen LogP contribution in [0.25, 0.3) is 0 Å². The van der Waals surface area contributed by atoms with Gasteiger partial charge in [-0.2, -0.15) is 8.42 Å². The molecule has 5 aliphatic heterocycles. The number of nitrogens with one attached hydrogen (secondary N) is 5. The second kappa shape index (κ2) is 37.8. The zero-order valence-corrected chi connectivity index (χ0v) is 53.0. The number of esters is 1. The lowest BCUT2D eigenvalue weighted by Crippen LogP contribution is -2.72. The Balaban J connectivity index is 1.35. The van der Waals surface area contributed by atoms with Gasteiger partial charge in [0, 0.05) is 41.0 Å². The molecule has 0 aromatic rings. The van der Waals surface area contributed by atoms with Crippen molar-refractivity contribution in [3.05, 3.63) is 12.2 Å². The van der Waals surface area contributed by atoms with Crippen molar-refractivity contribution in [3.63, 3.8) is 0 Å². The Morgan fingerprint density at radius 3 is 1.18 bits per heavy atom. The highest BCUT2D eigenvalue weighted by atomic mass is 32.3. The zero-order valence-electron chi connectivity index (χ0n) is 52.2. The lowest BCUT2D eigenvalue weighted by atomic mass is 9.93.